The van der Waals surface area contributed by atoms with Crippen molar-refractivity contribution in [3.8, 4) is 0 Å². The van der Waals surface area contributed by atoms with E-state index in [0.717, 1.165) is 19.3 Å². The molecule has 1 rings (SSSR count). The smallest absolute Gasteiger partial charge is 0.213 e. The SMILES string of the molecule is C=CN(C=O)C1CCCC1. The molecule has 0 saturated heterocycles. The fourth-order valence-corrected chi connectivity index (χ4v) is 1.48. The number of carbonyl (C=O) groups excluding carboxylic acids is 1. The van der Waals surface area contributed by atoms with Crippen molar-refractivity contribution in [2.45, 2.75) is 31.7 Å². The molecule has 0 atom stereocenters. The van der Waals surface area contributed by atoms with Crippen molar-refractivity contribution in [2.75, 3.05) is 0 Å². The predicted molar refractivity (Wildman–Crippen MR) is 40.4 cm³/mol. The third-order valence-electron chi connectivity index (χ3n) is 2.08. The molecule has 0 aromatic heterocycles. The van der Waals surface area contributed by atoms with Crippen LogP contribution in [-0.4, -0.2) is 17.4 Å². The maximum absolute atomic E-state index is 10.4. The summed E-state index contributed by atoms with van der Waals surface area (Å²) in [4.78, 5) is 12.1. The Morgan fingerprint density at radius 2 is 2.00 bits per heavy atom. The Labute approximate surface area is 61.5 Å². The molecule has 0 aromatic carbocycles. The van der Waals surface area contributed by atoms with E-state index in [4.69, 9.17) is 0 Å². The van der Waals surface area contributed by atoms with Gasteiger partial charge in [0, 0.05) is 6.04 Å². The molecule has 1 fully saturated rings. The molecular formula is C8H13NO. The Kier molecular flexibility index (Phi) is 2.49. The number of hydrogen-bond acceptors (Lipinski definition) is 1. The highest BCUT2D eigenvalue weighted by Crippen LogP contribution is 2.22. The van der Waals surface area contributed by atoms with Crippen molar-refractivity contribution < 1.29 is 4.79 Å². The van der Waals surface area contributed by atoms with Crippen molar-refractivity contribution >= 4 is 6.41 Å². The summed E-state index contributed by atoms with van der Waals surface area (Å²) in [5.41, 5.74) is 0. The molecule has 0 unspecified atom stereocenters. The van der Waals surface area contributed by atoms with Crippen LogP contribution in [0.2, 0.25) is 0 Å². The average Bonchev–Trinajstić information content (AvgIpc) is 2.43. The summed E-state index contributed by atoms with van der Waals surface area (Å²) >= 11 is 0. The summed E-state index contributed by atoms with van der Waals surface area (Å²) < 4.78 is 0. The highest BCUT2D eigenvalue weighted by atomic mass is 16.1. The van der Waals surface area contributed by atoms with Crippen LogP contribution in [0.5, 0.6) is 0 Å². The van der Waals surface area contributed by atoms with E-state index < -0.39 is 0 Å². The highest BCUT2D eigenvalue weighted by Gasteiger charge is 2.18. The topological polar surface area (TPSA) is 20.3 Å². The maximum Gasteiger partial charge on any atom is 0.213 e. The molecule has 0 aromatic rings. The Hall–Kier alpha value is -0.790. The largest absolute Gasteiger partial charge is 0.319 e. The van der Waals surface area contributed by atoms with Gasteiger partial charge in [0.25, 0.3) is 0 Å². The molecular weight excluding hydrogens is 126 g/mol. The first-order valence-corrected chi connectivity index (χ1v) is 3.74. The third kappa shape index (κ3) is 1.38. The second-order valence-electron chi connectivity index (χ2n) is 2.67. The fraction of sp³-hybridized carbons (Fsp3) is 0.625. The van der Waals surface area contributed by atoms with Crippen molar-refractivity contribution in [2.24, 2.45) is 0 Å². The van der Waals surface area contributed by atoms with E-state index in [1.165, 1.54) is 12.8 Å². The van der Waals surface area contributed by atoms with E-state index in [1.807, 2.05) is 0 Å². The summed E-state index contributed by atoms with van der Waals surface area (Å²) in [5.74, 6) is 0. The van der Waals surface area contributed by atoms with Gasteiger partial charge in [0.2, 0.25) is 6.41 Å². The van der Waals surface area contributed by atoms with Gasteiger partial charge in [-0.15, -0.1) is 0 Å². The second-order valence-corrected chi connectivity index (χ2v) is 2.67. The van der Waals surface area contributed by atoms with Gasteiger partial charge in [-0.2, -0.15) is 0 Å². The van der Waals surface area contributed by atoms with Crippen molar-refractivity contribution in [3.63, 3.8) is 0 Å². The van der Waals surface area contributed by atoms with E-state index >= 15 is 0 Å². The lowest BCUT2D eigenvalue weighted by molar-refractivity contribution is -0.117. The van der Waals surface area contributed by atoms with E-state index in [9.17, 15) is 4.79 Å². The number of amides is 1. The van der Waals surface area contributed by atoms with E-state index in [1.54, 1.807) is 11.1 Å². The van der Waals surface area contributed by atoms with Gasteiger partial charge in [-0.05, 0) is 19.0 Å². The molecule has 1 amide bonds. The van der Waals surface area contributed by atoms with Gasteiger partial charge in [-0.25, -0.2) is 0 Å². The summed E-state index contributed by atoms with van der Waals surface area (Å²) in [7, 11) is 0. The predicted octanol–water partition coefficient (Wildman–Crippen LogP) is 1.53. The summed E-state index contributed by atoms with van der Waals surface area (Å²) in [6, 6.07) is 0.440. The van der Waals surface area contributed by atoms with Gasteiger partial charge in [-0.1, -0.05) is 19.4 Å². The van der Waals surface area contributed by atoms with Gasteiger partial charge in [0.05, 0.1) is 0 Å². The standard InChI is InChI=1S/C8H13NO/c1-2-9(7-10)8-5-3-4-6-8/h2,7-8H,1,3-6H2. The van der Waals surface area contributed by atoms with Crippen LogP contribution >= 0.6 is 0 Å². The molecule has 10 heavy (non-hydrogen) atoms. The van der Waals surface area contributed by atoms with Crippen LogP contribution in [0.25, 0.3) is 0 Å². The minimum absolute atomic E-state index is 0.440. The van der Waals surface area contributed by atoms with E-state index in [0.29, 0.717) is 6.04 Å². The quantitative estimate of drug-likeness (QED) is 0.543. The Bertz CT molecular complexity index is 119. The Morgan fingerprint density at radius 3 is 2.40 bits per heavy atom. The first-order valence-electron chi connectivity index (χ1n) is 3.74. The minimum atomic E-state index is 0.440. The number of carbonyl (C=O) groups is 1. The molecule has 1 aliphatic rings. The molecule has 0 spiro atoms. The molecule has 56 valence electrons. The third-order valence-corrected chi connectivity index (χ3v) is 2.08. The first kappa shape index (κ1) is 7.32. The summed E-state index contributed by atoms with van der Waals surface area (Å²) in [6.45, 7) is 3.57. The molecule has 1 aliphatic carbocycles. The lowest BCUT2D eigenvalue weighted by Crippen LogP contribution is -2.25. The molecule has 2 nitrogen and oxygen atoms in total. The minimum Gasteiger partial charge on any atom is -0.319 e. The first-order chi connectivity index (χ1) is 4.88. The second kappa shape index (κ2) is 3.40. The van der Waals surface area contributed by atoms with Crippen LogP contribution < -0.4 is 0 Å². The maximum atomic E-state index is 10.4. The molecule has 0 heterocycles. The van der Waals surface area contributed by atoms with Crippen molar-refractivity contribution in [1.29, 1.82) is 0 Å². The zero-order valence-electron chi connectivity index (χ0n) is 6.12. The van der Waals surface area contributed by atoms with Gasteiger partial charge in [0.1, 0.15) is 0 Å². The van der Waals surface area contributed by atoms with Crippen LogP contribution in [0, 0.1) is 0 Å². The Morgan fingerprint density at radius 1 is 1.40 bits per heavy atom. The van der Waals surface area contributed by atoms with Gasteiger partial charge in [-0.3, -0.25) is 4.79 Å². The van der Waals surface area contributed by atoms with E-state index in [-0.39, 0.29) is 0 Å². The fourth-order valence-electron chi connectivity index (χ4n) is 1.48. The number of nitrogens with zero attached hydrogens (tertiary/aromatic N) is 1. The van der Waals surface area contributed by atoms with Gasteiger partial charge in [0.15, 0.2) is 0 Å². The molecule has 0 aliphatic heterocycles. The van der Waals surface area contributed by atoms with Crippen molar-refractivity contribution in [3.05, 3.63) is 12.8 Å². The lowest BCUT2D eigenvalue weighted by Gasteiger charge is -2.18. The molecule has 0 radical (unpaired) electrons. The van der Waals surface area contributed by atoms with Crippen LogP contribution in [0.15, 0.2) is 12.8 Å². The molecule has 0 bridgehead atoms. The monoisotopic (exact) mass is 139 g/mol. The molecule has 0 N–H and O–H groups in total. The summed E-state index contributed by atoms with van der Waals surface area (Å²) in [5, 5.41) is 0. The van der Waals surface area contributed by atoms with Crippen LogP contribution in [-0.2, 0) is 4.79 Å². The van der Waals surface area contributed by atoms with Crippen LogP contribution in [0.4, 0.5) is 0 Å². The van der Waals surface area contributed by atoms with Crippen LogP contribution in [0.1, 0.15) is 25.7 Å². The zero-order valence-corrected chi connectivity index (χ0v) is 6.12. The van der Waals surface area contributed by atoms with Gasteiger partial charge >= 0.3 is 0 Å². The number of rotatable bonds is 3. The summed E-state index contributed by atoms with van der Waals surface area (Å²) in [6.07, 6.45) is 7.27. The highest BCUT2D eigenvalue weighted by molar-refractivity contribution is 5.49. The van der Waals surface area contributed by atoms with E-state index in [2.05, 4.69) is 6.58 Å². The lowest BCUT2D eigenvalue weighted by atomic mass is 10.2. The van der Waals surface area contributed by atoms with Crippen LogP contribution in [0.3, 0.4) is 0 Å². The normalized spacial score (nSPS) is 18.8. The van der Waals surface area contributed by atoms with Gasteiger partial charge < -0.3 is 4.90 Å². The molecule has 1 saturated carbocycles. The average molecular weight is 139 g/mol. The number of hydrogen-bond donors (Lipinski definition) is 0. The van der Waals surface area contributed by atoms with Crippen molar-refractivity contribution in [1.82, 2.24) is 4.90 Å². The zero-order chi connectivity index (χ0) is 7.40. The Balaban J connectivity index is 2.43. The molecule has 2 heteroatoms.